The maximum absolute atomic E-state index is 12.4. The van der Waals surface area contributed by atoms with Crippen molar-refractivity contribution in [1.82, 2.24) is 9.97 Å². The maximum atomic E-state index is 12.4. The molecular formula is C12H12F3N3. The number of benzene rings is 1. The second kappa shape index (κ2) is 4.72. The molecule has 96 valence electrons. The van der Waals surface area contributed by atoms with Gasteiger partial charge in [0, 0.05) is 18.1 Å². The lowest BCUT2D eigenvalue weighted by Crippen LogP contribution is -2.09. The van der Waals surface area contributed by atoms with Gasteiger partial charge in [-0.25, -0.2) is 4.98 Å². The summed E-state index contributed by atoms with van der Waals surface area (Å²) in [6.07, 6.45) is -0.980. The van der Waals surface area contributed by atoms with E-state index in [1.807, 2.05) is 6.92 Å². The average molecular weight is 255 g/mol. The Bertz CT molecular complexity index is 488. The zero-order chi connectivity index (χ0) is 13.2. The first-order chi connectivity index (χ1) is 8.47. The Hall–Kier alpha value is -1.98. The fraction of sp³-hybridized carbons (Fsp3) is 0.250. The molecule has 0 saturated heterocycles. The summed E-state index contributed by atoms with van der Waals surface area (Å²) in [5, 5.41) is 3.06. The van der Waals surface area contributed by atoms with E-state index in [4.69, 9.17) is 0 Å². The highest BCUT2D eigenvalue weighted by Gasteiger charge is 2.29. The number of nitrogens with zero attached hydrogens (tertiary/aromatic N) is 1. The van der Waals surface area contributed by atoms with Crippen LogP contribution in [0.2, 0.25) is 0 Å². The van der Waals surface area contributed by atoms with Crippen LogP contribution in [-0.4, -0.2) is 9.97 Å². The van der Waals surface area contributed by atoms with Crippen LogP contribution in [0.3, 0.4) is 0 Å². The molecule has 0 amide bonds. The third-order valence-electron chi connectivity index (χ3n) is 2.52. The highest BCUT2D eigenvalue weighted by Crippen LogP contribution is 2.30. The molecule has 3 nitrogen and oxygen atoms in total. The minimum atomic E-state index is -4.30. The van der Waals surface area contributed by atoms with Gasteiger partial charge >= 0.3 is 6.18 Å². The van der Waals surface area contributed by atoms with Gasteiger partial charge in [0.2, 0.25) is 0 Å². The molecule has 0 spiro atoms. The van der Waals surface area contributed by atoms with Gasteiger partial charge in [0.1, 0.15) is 5.82 Å². The first-order valence-electron chi connectivity index (χ1n) is 5.40. The molecule has 0 fully saturated rings. The molecule has 2 rings (SSSR count). The number of hydrogen-bond donors (Lipinski definition) is 2. The molecule has 1 aromatic carbocycles. The molecule has 1 atom stereocenters. The summed E-state index contributed by atoms with van der Waals surface area (Å²) in [6.45, 7) is 1.87. The normalized spacial score (nSPS) is 13.3. The van der Waals surface area contributed by atoms with Crippen LogP contribution in [0.4, 0.5) is 18.9 Å². The Kier molecular flexibility index (Phi) is 3.27. The number of anilines is 1. The quantitative estimate of drug-likeness (QED) is 0.879. The van der Waals surface area contributed by atoms with Crippen LogP contribution in [0.5, 0.6) is 0 Å². The van der Waals surface area contributed by atoms with E-state index in [0.29, 0.717) is 5.69 Å². The van der Waals surface area contributed by atoms with Crippen molar-refractivity contribution in [3.63, 3.8) is 0 Å². The van der Waals surface area contributed by atoms with Gasteiger partial charge in [-0.2, -0.15) is 13.2 Å². The smallest absolute Gasteiger partial charge is 0.375 e. The molecule has 0 saturated carbocycles. The number of rotatable bonds is 3. The Labute approximate surface area is 102 Å². The standard InChI is InChI=1S/C12H12F3N3/c1-8(11-16-6-7-17-11)18-10-4-2-9(3-5-10)12(13,14)15/h2-8,18H,1H3,(H,16,17). The number of halogens is 3. The Morgan fingerprint density at radius 2 is 1.89 bits per heavy atom. The topological polar surface area (TPSA) is 40.7 Å². The molecular weight excluding hydrogens is 243 g/mol. The van der Waals surface area contributed by atoms with Crippen LogP contribution < -0.4 is 5.32 Å². The molecule has 6 heteroatoms. The van der Waals surface area contributed by atoms with Gasteiger partial charge in [0.25, 0.3) is 0 Å². The number of nitrogens with one attached hydrogen (secondary N) is 2. The number of H-pyrrole nitrogens is 1. The average Bonchev–Trinajstić information content (AvgIpc) is 2.82. The molecule has 0 aliphatic heterocycles. The fourth-order valence-electron chi connectivity index (χ4n) is 1.59. The predicted octanol–water partition coefficient (Wildman–Crippen LogP) is 3.60. The van der Waals surface area contributed by atoms with Crippen molar-refractivity contribution in [2.45, 2.75) is 19.1 Å². The molecule has 0 aliphatic carbocycles. The molecule has 2 aromatic rings. The van der Waals surface area contributed by atoms with Crippen LogP contribution in [0.1, 0.15) is 24.4 Å². The number of imidazole rings is 1. The second-order valence-corrected chi connectivity index (χ2v) is 3.92. The van der Waals surface area contributed by atoms with Crippen LogP contribution >= 0.6 is 0 Å². The van der Waals surface area contributed by atoms with Crippen molar-refractivity contribution in [2.24, 2.45) is 0 Å². The summed E-state index contributed by atoms with van der Waals surface area (Å²) in [4.78, 5) is 7.01. The summed E-state index contributed by atoms with van der Waals surface area (Å²) in [5.74, 6) is 0.731. The lowest BCUT2D eigenvalue weighted by atomic mass is 10.2. The van der Waals surface area contributed by atoms with Crippen LogP contribution in [0.15, 0.2) is 36.7 Å². The van der Waals surface area contributed by atoms with Crippen molar-refractivity contribution < 1.29 is 13.2 Å². The van der Waals surface area contributed by atoms with Gasteiger partial charge in [0.05, 0.1) is 11.6 Å². The molecule has 1 aromatic heterocycles. The van der Waals surface area contributed by atoms with E-state index in [0.717, 1.165) is 18.0 Å². The minimum absolute atomic E-state index is 0.100. The van der Waals surface area contributed by atoms with Crippen molar-refractivity contribution in [3.05, 3.63) is 48.0 Å². The van der Waals surface area contributed by atoms with E-state index in [1.165, 1.54) is 12.1 Å². The fourth-order valence-corrected chi connectivity index (χ4v) is 1.59. The zero-order valence-corrected chi connectivity index (χ0v) is 9.62. The highest BCUT2D eigenvalue weighted by molar-refractivity contribution is 5.46. The Balaban J connectivity index is 2.07. The number of aromatic nitrogens is 2. The van der Waals surface area contributed by atoms with Gasteiger partial charge in [-0.05, 0) is 31.2 Å². The summed E-state index contributed by atoms with van der Waals surface area (Å²) >= 11 is 0. The van der Waals surface area contributed by atoms with E-state index in [-0.39, 0.29) is 6.04 Å². The molecule has 2 N–H and O–H groups in total. The van der Waals surface area contributed by atoms with E-state index >= 15 is 0 Å². The van der Waals surface area contributed by atoms with Crippen molar-refractivity contribution in [2.75, 3.05) is 5.32 Å². The highest BCUT2D eigenvalue weighted by atomic mass is 19.4. The van der Waals surface area contributed by atoms with E-state index in [1.54, 1.807) is 12.4 Å². The summed E-state index contributed by atoms with van der Waals surface area (Å²) in [7, 11) is 0. The predicted molar refractivity (Wildman–Crippen MR) is 62.1 cm³/mol. The largest absolute Gasteiger partial charge is 0.416 e. The Morgan fingerprint density at radius 3 is 2.39 bits per heavy atom. The third kappa shape index (κ3) is 2.82. The van der Waals surface area contributed by atoms with Crippen LogP contribution in [-0.2, 0) is 6.18 Å². The van der Waals surface area contributed by atoms with Crippen LogP contribution in [0.25, 0.3) is 0 Å². The lowest BCUT2D eigenvalue weighted by molar-refractivity contribution is -0.137. The monoisotopic (exact) mass is 255 g/mol. The zero-order valence-electron chi connectivity index (χ0n) is 9.62. The van der Waals surface area contributed by atoms with E-state index in [9.17, 15) is 13.2 Å². The van der Waals surface area contributed by atoms with Gasteiger partial charge in [-0.15, -0.1) is 0 Å². The van der Waals surface area contributed by atoms with Gasteiger partial charge in [-0.3, -0.25) is 0 Å². The van der Waals surface area contributed by atoms with Crippen molar-refractivity contribution in [3.8, 4) is 0 Å². The maximum Gasteiger partial charge on any atom is 0.416 e. The molecule has 18 heavy (non-hydrogen) atoms. The number of aromatic amines is 1. The van der Waals surface area contributed by atoms with Gasteiger partial charge in [0.15, 0.2) is 0 Å². The SMILES string of the molecule is CC(Nc1ccc(C(F)(F)F)cc1)c1ncc[nH]1. The minimum Gasteiger partial charge on any atom is -0.375 e. The molecule has 0 radical (unpaired) electrons. The van der Waals surface area contributed by atoms with E-state index < -0.39 is 11.7 Å². The number of alkyl halides is 3. The molecule has 1 heterocycles. The molecule has 0 aliphatic rings. The van der Waals surface area contributed by atoms with E-state index in [2.05, 4.69) is 15.3 Å². The second-order valence-electron chi connectivity index (χ2n) is 3.92. The third-order valence-corrected chi connectivity index (χ3v) is 2.52. The van der Waals surface area contributed by atoms with Gasteiger partial charge < -0.3 is 10.3 Å². The van der Waals surface area contributed by atoms with Crippen molar-refractivity contribution in [1.29, 1.82) is 0 Å². The lowest BCUT2D eigenvalue weighted by Gasteiger charge is -2.14. The summed E-state index contributed by atoms with van der Waals surface area (Å²) in [6, 6.07) is 4.82. The Morgan fingerprint density at radius 1 is 1.22 bits per heavy atom. The molecule has 0 bridgehead atoms. The first kappa shape index (κ1) is 12.5. The summed E-state index contributed by atoms with van der Waals surface area (Å²) < 4.78 is 37.1. The first-order valence-corrected chi connectivity index (χ1v) is 5.40. The molecule has 1 unspecified atom stereocenters. The van der Waals surface area contributed by atoms with Crippen LogP contribution in [0, 0.1) is 0 Å². The van der Waals surface area contributed by atoms with Gasteiger partial charge in [-0.1, -0.05) is 0 Å². The van der Waals surface area contributed by atoms with Crippen molar-refractivity contribution >= 4 is 5.69 Å². The summed E-state index contributed by atoms with van der Waals surface area (Å²) in [5.41, 5.74) is -0.0365. The number of hydrogen-bond acceptors (Lipinski definition) is 2.